The molecule has 1 aromatic carbocycles. The topological polar surface area (TPSA) is 125 Å². The summed E-state index contributed by atoms with van der Waals surface area (Å²) in [6.45, 7) is 6.62. The molecule has 1 aromatic rings. The predicted octanol–water partition coefficient (Wildman–Crippen LogP) is 3.80. The summed E-state index contributed by atoms with van der Waals surface area (Å²) in [5.41, 5.74) is 8.04. The summed E-state index contributed by atoms with van der Waals surface area (Å²) in [6.07, 6.45) is 9.06. The Morgan fingerprint density at radius 1 is 1.08 bits per heavy atom. The van der Waals surface area contributed by atoms with Crippen LogP contribution in [0.2, 0.25) is 0 Å². The molecule has 0 radical (unpaired) electrons. The van der Waals surface area contributed by atoms with Crippen LogP contribution in [0.3, 0.4) is 0 Å². The fraction of sp³-hybridized carbons (Fsp3) is 0.667. The maximum absolute atomic E-state index is 13.2. The summed E-state index contributed by atoms with van der Waals surface area (Å²) in [7, 11) is -1.88. The molecule has 0 aliphatic carbocycles. The fourth-order valence-electron chi connectivity index (χ4n) is 5.29. The van der Waals surface area contributed by atoms with E-state index in [9.17, 15) is 18.0 Å². The van der Waals surface area contributed by atoms with Crippen molar-refractivity contribution in [2.24, 2.45) is 10.7 Å². The first-order valence-electron chi connectivity index (χ1n) is 13.5. The van der Waals surface area contributed by atoms with E-state index in [-0.39, 0.29) is 11.7 Å². The first kappa shape index (κ1) is 29.1. The maximum Gasteiger partial charge on any atom is 0.318 e. The molecule has 0 saturated carbocycles. The van der Waals surface area contributed by atoms with Crippen LogP contribution in [-0.4, -0.2) is 61.9 Å². The zero-order valence-electron chi connectivity index (χ0n) is 22.8. The largest absolute Gasteiger partial charge is 0.351 e. The van der Waals surface area contributed by atoms with E-state index >= 15 is 0 Å². The smallest absolute Gasteiger partial charge is 0.318 e. The van der Waals surface area contributed by atoms with Gasteiger partial charge in [0.2, 0.25) is 10.0 Å². The van der Waals surface area contributed by atoms with Gasteiger partial charge in [-0.15, -0.1) is 0 Å². The highest BCUT2D eigenvalue weighted by atomic mass is 32.2. The van der Waals surface area contributed by atoms with Crippen LogP contribution in [0, 0.1) is 13.8 Å². The predicted molar refractivity (Wildman–Crippen MR) is 149 cm³/mol. The third kappa shape index (κ3) is 7.10. The van der Waals surface area contributed by atoms with Crippen LogP contribution < -0.4 is 16.0 Å². The number of sulfonamides is 1. The SMILES string of the molecule is CCCCCCCCC1=NC2(CCN(S(=O)(=O)CCc3c(C)cc(N(C)C(N)=O)cc3C)CC2)C(=O)N1. The van der Waals surface area contributed by atoms with Gasteiger partial charge in [0.25, 0.3) is 5.91 Å². The number of hydrogen-bond donors (Lipinski definition) is 2. The van der Waals surface area contributed by atoms with Gasteiger partial charge in [-0.05, 0) is 68.4 Å². The quantitative estimate of drug-likeness (QED) is 0.396. The van der Waals surface area contributed by atoms with Crippen molar-refractivity contribution in [1.29, 1.82) is 0 Å². The molecule has 1 spiro atoms. The number of rotatable bonds is 12. The number of piperidine rings is 1. The molecule has 37 heavy (non-hydrogen) atoms. The maximum atomic E-state index is 13.2. The Kier molecular flexibility index (Phi) is 9.74. The van der Waals surface area contributed by atoms with E-state index in [0.29, 0.717) is 38.0 Å². The van der Waals surface area contributed by atoms with Crippen LogP contribution in [0.5, 0.6) is 0 Å². The fourth-order valence-corrected chi connectivity index (χ4v) is 6.75. The van der Waals surface area contributed by atoms with Gasteiger partial charge in [0.15, 0.2) is 0 Å². The average molecular weight is 534 g/mol. The lowest BCUT2D eigenvalue weighted by Crippen LogP contribution is -2.50. The summed E-state index contributed by atoms with van der Waals surface area (Å²) in [6, 6.07) is 3.15. The van der Waals surface area contributed by atoms with Crippen LogP contribution >= 0.6 is 0 Å². The van der Waals surface area contributed by atoms with Crippen molar-refractivity contribution in [3.63, 3.8) is 0 Å². The zero-order chi connectivity index (χ0) is 27.2. The number of nitrogens with one attached hydrogen (secondary N) is 1. The summed E-state index contributed by atoms with van der Waals surface area (Å²) < 4.78 is 27.8. The molecule has 1 fully saturated rings. The molecule has 9 nitrogen and oxygen atoms in total. The van der Waals surface area contributed by atoms with Crippen LogP contribution in [0.15, 0.2) is 17.1 Å². The first-order valence-corrected chi connectivity index (χ1v) is 15.1. The van der Waals surface area contributed by atoms with Crippen LogP contribution in [0.1, 0.15) is 81.4 Å². The first-order chi connectivity index (χ1) is 17.5. The van der Waals surface area contributed by atoms with Crippen molar-refractivity contribution in [3.05, 3.63) is 28.8 Å². The van der Waals surface area contributed by atoms with E-state index in [4.69, 9.17) is 10.7 Å². The number of aliphatic imine (C=N–C) groups is 1. The van der Waals surface area contributed by atoms with Crippen LogP contribution in [-0.2, 0) is 21.2 Å². The number of aryl methyl sites for hydroxylation is 2. The number of urea groups is 1. The molecule has 2 aliphatic heterocycles. The van der Waals surface area contributed by atoms with Crippen molar-refractivity contribution in [2.75, 3.05) is 30.8 Å². The Balaban J connectivity index is 1.55. The number of amides is 3. The molecule has 2 aliphatic rings. The Labute approximate surface area is 221 Å². The van der Waals surface area contributed by atoms with Gasteiger partial charge < -0.3 is 11.1 Å². The molecule has 206 valence electrons. The third-order valence-corrected chi connectivity index (χ3v) is 9.62. The normalized spacial score (nSPS) is 17.6. The van der Waals surface area contributed by atoms with Crippen molar-refractivity contribution >= 4 is 33.5 Å². The number of hydrogen-bond acceptors (Lipinski definition) is 5. The second kappa shape index (κ2) is 12.4. The van der Waals surface area contributed by atoms with Gasteiger partial charge in [-0.1, -0.05) is 39.0 Å². The van der Waals surface area contributed by atoms with Gasteiger partial charge in [-0.25, -0.2) is 17.5 Å². The average Bonchev–Trinajstić information content (AvgIpc) is 3.14. The molecule has 0 atom stereocenters. The third-order valence-electron chi connectivity index (χ3n) is 7.75. The molecule has 10 heteroatoms. The standard InChI is InChI=1S/C27H43N5O4S/c1-5-6-7-8-9-10-11-24-29-25(33)27(30-24)13-15-32(16-14-27)37(35,36)17-12-23-20(2)18-22(19-21(23)3)31(4)26(28)34/h18-19H,5-17H2,1-4H3,(H2,28,34)(H,29,30,33). The number of anilines is 1. The molecule has 3 rings (SSSR count). The van der Waals surface area contributed by atoms with E-state index in [2.05, 4.69) is 12.2 Å². The highest BCUT2D eigenvalue weighted by Crippen LogP contribution is 2.32. The Morgan fingerprint density at radius 2 is 1.68 bits per heavy atom. The van der Waals surface area contributed by atoms with Gasteiger partial charge in [-0.2, -0.15) is 0 Å². The minimum Gasteiger partial charge on any atom is -0.351 e. The number of unbranched alkanes of at least 4 members (excludes halogenated alkanes) is 5. The second-order valence-electron chi connectivity index (χ2n) is 10.5. The number of carbonyl (C=O) groups is 2. The number of nitrogens with zero attached hydrogens (tertiary/aromatic N) is 3. The second-order valence-corrected chi connectivity index (χ2v) is 12.6. The summed E-state index contributed by atoms with van der Waals surface area (Å²) in [4.78, 5) is 30.4. The van der Waals surface area contributed by atoms with Crippen molar-refractivity contribution < 1.29 is 18.0 Å². The van der Waals surface area contributed by atoms with Gasteiger partial charge in [0, 0.05) is 32.2 Å². The molecule has 1 saturated heterocycles. The lowest BCUT2D eigenvalue weighted by molar-refractivity contribution is -0.124. The van der Waals surface area contributed by atoms with E-state index in [1.807, 2.05) is 26.0 Å². The van der Waals surface area contributed by atoms with Crippen molar-refractivity contribution in [3.8, 4) is 0 Å². The van der Waals surface area contributed by atoms with Gasteiger partial charge in [0.1, 0.15) is 11.4 Å². The van der Waals surface area contributed by atoms with Crippen molar-refractivity contribution in [2.45, 2.75) is 90.5 Å². The van der Waals surface area contributed by atoms with E-state index in [1.165, 1.54) is 34.9 Å². The lowest BCUT2D eigenvalue weighted by Gasteiger charge is -2.34. The molecule has 3 N–H and O–H groups in total. The Bertz CT molecular complexity index is 1100. The van der Waals surface area contributed by atoms with Crippen LogP contribution in [0.25, 0.3) is 0 Å². The highest BCUT2D eigenvalue weighted by molar-refractivity contribution is 7.89. The van der Waals surface area contributed by atoms with E-state index < -0.39 is 21.6 Å². The zero-order valence-corrected chi connectivity index (χ0v) is 23.6. The van der Waals surface area contributed by atoms with Crippen LogP contribution in [0.4, 0.5) is 10.5 Å². The van der Waals surface area contributed by atoms with E-state index in [0.717, 1.165) is 41.8 Å². The minimum atomic E-state index is -3.49. The van der Waals surface area contributed by atoms with Crippen molar-refractivity contribution in [1.82, 2.24) is 9.62 Å². The van der Waals surface area contributed by atoms with Gasteiger partial charge in [-0.3, -0.25) is 14.7 Å². The van der Waals surface area contributed by atoms with Gasteiger partial charge >= 0.3 is 6.03 Å². The summed E-state index contributed by atoms with van der Waals surface area (Å²) >= 11 is 0. The minimum absolute atomic E-state index is 0.00850. The Hall–Kier alpha value is -2.46. The number of carbonyl (C=O) groups excluding carboxylic acids is 2. The summed E-state index contributed by atoms with van der Waals surface area (Å²) in [5, 5.41) is 2.96. The number of benzene rings is 1. The number of amidine groups is 1. The Morgan fingerprint density at radius 3 is 2.27 bits per heavy atom. The molecule has 0 bridgehead atoms. The monoisotopic (exact) mass is 533 g/mol. The molecule has 0 unspecified atom stereocenters. The molecule has 3 amide bonds. The molecular weight excluding hydrogens is 490 g/mol. The molecular formula is C27H43N5O4S. The van der Waals surface area contributed by atoms with E-state index in [1.54, 1.807) is 7.05 Å². The number of primary amides is 1. The lowest BCUT2D eigenvalue weighted by atomic mass is 9.89. The molecule has 2 heterocycles. The summed E-state index contributed by atoms with van der Waals surface area (Å²) in [5.74, 6) is 0.664. The highest BCUT2D eigenvalue weighted by Gasteiger charge is 2.47. The number of nitrogens with two attached hydrogens (primary N) is 1. The molecule has 0 aromatic heterocycles. The van der Waals surface area contributed by atoms with Gasteiger partial charge in [0.05, 0.1) is 5.75 Å².